The molecule has 2 aromatic heterocycles. The SMILES string of the molecule is CCc1cccc2c(C(=O)C[NH+]3CCC[C@@H]3c3cccs3)c[nH]c12. The maximum Gasteiger partial charge on any atom is 0.219 e. The highest BCUT2D eigenvalue weighted by Gasteiger charge is 2.32. The number of carbonyl (C=O) groups is 1. The Morgan fingerprint density at radius 3 is 3.04 bits per heavy atom. The molecule has 3 nitrogen and oxygen atoms in total. The van der Waals surface area contributed by atoms with Gasteiger partial charge in [-0.05, 0) is 23.4 Å². The normalized spacial score (nSPS) is 20.7. The summed E-state index contributed by atoms with van der Waals surface area (Å²) in [6.45, 7) is 3.83. The van der Waals surface area contributed by atoms with E-state index in [2.05, 4.69) is 47.6 Å². The van der Waals surface area contributed by atoms with Crippen molar-refractivity contribution >= 4 is 28.0 Å². The summed E-state index contributed by atoms with van der Waals surface area (Å²) in [5.41, 5.74) is 3.25. The third kappa shape index (κ3) is 2.70. The second kappa shape index (κ2) is 6.54. The van der Waals surface area contributed by atoms with Crippen LogP contribution >= 0.6 is 11.3 Å². The van der Waals surface area contributed by atoms with E-state index in [1.807, 2.05) is 17.5 Å². The fourth-order valence-electron chi connectivity index (χ4n) is 4.00. The number of Topliss-reactive ketones (excluding diaryl/α,β-unsaturated/α-hetero) is 1. The minimum absolute atomic E-state index is 0.257. The van der Waals surface area contributed by atoms with Gasteiger partial charge in [0.25, 0.3) is 0 Å². The van der Waals surface area contributed by atoms with E-state index in [0.29, 0.717) is 12.6 Å². The van der Waals surface area contributed by atoms with Gasteiger partial charge in [0.1, 0.15) is 12.6 Å². The zero-order chi connectivity index (χ0) is 16.5. The van der Waals surface area contributed by atoms with E-state index in [9.17, 15) is 4.79 Å². The number of aromatic amines is 1. The van der Waals surface area contributed by atoms with Gasteiger partial charge in [-0.3, -0.25) is 4.79 Å². The Morgan fingerprint density at radius 2 is 2.25 bits per heavy atom. The zero-order valence-electron chi connectivity index (χ0n) is 14.0. The van der Waals surface area contributed by atoms with E-state index >= 15 is 0 Å². The Labute approximate surface area is 146 Å². The lowest BCUT2D eigenvalue weighted by Crippen LogP contribution is -3.11. The number of nitrogens with one attached hydrogen (secondary N) is 2. The van der Waals surface area contributed by atoms with Gasteiger partial charge in [-0.25, -0.2) is 0 Å². The van der Waals surface area contributed by atoms with E-state index in [1.165, 1.54) is 28.2 Å². The van der Waals surface area contributed by atoms with Crippen molar-refractivity contribution < 1.29 is 9.69 Å². The molecule has 1 saturated heterocycles. The van der Waals surface area contributed by atoms with Crippen LogP contribution in [0, 0.1) is 0 Å². The number of rotatable bonds is 5. The van der Waals surface area contributed by atoms with E-state index < -0.39 is 0 Å². The van der Waals surface area contributed by atoms with E-state index in [-0.39, 0.29) is 5.78 Å². The third-order valence-corrected chi connectivity index (χ3v) is 6.23. The average Bonchev–Trinajstić information content (AvgIpc) is 3.33. The van der Waals surface area contributed by atoms with Gasteiger partial charge in [0.05, 0.1) is 11.4 Å². The molecule has 1 aliphatic heterocycles. The van der Waals surface area contributed by atoms with Crippen LogP contribution in [-0.4, -0.2) is 23.9 Å². The Hall–Kier alpha value is -1.91. The molecule has 24 heavy (non-hydrogen) atoms. The second-order valence-electron chi connectivity index (χ2n) is 6.61. The monoisotopic (exact) mass is 339 g/mol. The number of para-hydroxylation sites is 1. The van der Waals surface area contributed by atoms with Crippen molar-refractivity contribution in [2.45, 2.75) is 32.2 Å². The number of thiophene rings is 1. The molecule has 4 rings (SSSR count). The molecule has 3 aromatic rings. The molecule has 0 spiro atoms. The van der Waals surface area contributed by atoms with Crippen molar-refractivity contribution in [1.29, 1.82) is 0 Å². The Kier molecular flexibility index (Phi) is 4.25. The number of ketones is 1. The number of likely N-dealkylation sites (tertiary alicyclic amines) is 1. The Balaban J connectivity index is 1.58. The molecule has 0 amide bonds. The maximum atomic E-state index is 13.0. The lowest BCUT2D eigenvalue weighted by Gasteiger charge is -2.19. The third-order valence-electron chi connectivity index (χ3n) is 5.24. The van der Waals surface area contributed by atoms with Crippen molar-refractivity contribution in [3.05, 3.63) is 57.9 Å². The minimum atomic E-state index is 0.257. The number of hydrogen-bond acceptors (Lipinski definition) is 2. The smallest absolute Gasteiger partial charge is 0.219 e. The topological polar surface area (TPSA) is 37.3 Å². The highest BCUT2D eigenvalue weighted by atomic mass is 32.1. The highest BCUT2D eigenvalue weighted by Crippen LogP contribution is 2.25. The second-order valence-corrected chi connectivity index (χ2v) is 7.59. The van der Waals surface area contributed by atoms with Crippen molar-refractivity contribution in [3.63, 3.8) is 0 Å². The molecule has 1 aliphatic rings. The van der Waals surface area contributed by atoms with Gasteiger partial charge in [-0.2, -0.15) is 0 Å². The van der Waals surface area contributed by atoms with Gasteiger partial charge in [0.15, 0.2) is 0 Å². The Morgan fingerprint density at radius 1 is 1.33 bits per heavy atom. The van der Waals surface area contributed by atoms with Gasteiger partial charge in [0, 0.05) is 35.5 Å². The summed E-state index contributed by atoms with van der Waals surface area (Å²) in [7, 11) is 0. The summed E-state index contributed by atoms with van der Waals surface area (Å²) in [5, 5.41) is 3.21. The first-order chi connectivity index (χ1) is 11.8. The first kappa shape index (κ1) is 15.6. The highest BCUT2D eigenvalue weighted by molar-refractivity contribution is 7.10. The molecule has 124 valence electrons. The quantitative estimate of drug-likeness (QED) is 0.687. The molecule has 1 unspecified atom stereocenters. The molecule has 3 heterocycles. The predicted octanol–water partition coefficient (Wildman–Crippen LogP) is 3.39. The molecule has 1 fully saturated rings. The maximum absolute atomic E-state index is 13.0. The van der Waals surface area contributed by atoms with E-state index in [4.69, 9.17) is 0 Å². The van der Waals surface area contributed by atoms with E-state index in [0.717, 1.165) is 29.4 Å². The van der Waals surface area contributed by atoms with E-state index in [1.54, 1.807) is 0 Å². The Bertz CT molecular complexity index is 850. The number of aromatic nitrogens is 1. The van der Waals surface area contributed by atoms with Crippen molar-refractivity contribution in [1.82, 2.24) is 4.98 Å². The zero-order valence-corrected chi connectivity index (χ0v) is 14.8. The average molecular weight is 339 g/mol. The molecule has 0 radical (unpaired) electrons. The summed E-state index contributed by atoms with van der Waals surface area (Å²) in [5.74, 6) is 0.257. The van der Waals surface area contributed by atoms with Crippen LogP contribution in [0.15, 0.2) is 41.9 Å². The predicted molar refractivity (Wildman–Crippen MR) is 99.0 cm³/mol. The summed E-state index contributed by atoms with van der Waals surface area (Å²) >= 11 is 1.82. The van der Waals surface area contributed by atoms with Gasteiger partial charge in [-0.1, -0.05) is 31.2 Å². The fraction of sp³-hybridized carbons (Fsp3) is 0.350. The lowest BCUT2D eigenvalue weighted by atomic mass is 10.0. The van der Waals surface area contributed by atoms with Crippen LogP contribution in [0.2, 0.25) is 0 Å². The van der Waals surface area contributed by atoms with Crippen molar-refractivity contribution in [2.24, 2.45) is 0 Å². The first-order valence-electron chi connectivity index (χ1n) is 8.78. The van der Waals surface area contributed by atoms with Crippen LogP contribution in [0.25, 0.3) is 10.9 Å². The van der Waals surface area contributed by atoms with Crippen LogP contribution in [0.1, 0.15) is 46.6 Å². The molecule has 0 bridgehead atoms. The molecule has 0 saturated carbocycles. The van der Waals surface area contributed by atoms with Crippen LogP contribution in [-0.2, 0) is 6.42 Å². The number of quaternary nitrogens is 1. The largest absolute Gasteiger partial charge is 0.360 e. The van der Waals surface area contributed by atoms with Crippen LogP contribution in [0.3, 0.4) is 0 Å². The standard InChI is InChI=1S/C20H22N2OS/c1-2-14-6-3-7-15-16(12-21-20(14)15)18(23)13-22-10-4-8-17(22)19-9-5-11-24-19/h3,5-7,9,11-12,17,21H,2,4,8,10,13H2,1H3/p+1/t17-/m1/s1. The van der Waals surface area contributed by atoms with Gasteiger partial charge >= 0.3 is 0 Å². The number of benzene rings is 1. The van der Waals surface area contributed by atoms with Crippen molar-refractivity contribution in [2.75, 3.05) is 13.1 Å². The van der Waals surface area contributed by atoms with Gasteiger partial charge in [-0.15, -0.1) is 11.3 Å². The number of fused-ring (bicyclic) bond motifs is 1. The van der Waals surface area contributed by atoms with Crippen LogP contribution in [0.4, 0.5) is 0 Å². The summed E-state index contributed by atoms with van der Waals surface area (Å²) in [6, 6.07) is 11.1. The number of hydrogen-bond donors (Lipinski definition) is 2. The molecule has 2 atom stereocenters. The summed E-state index contributed by atoms with van der Waals surface area (Å²) < 4.78 is 0. The molecule has 0 aliphatic carbocycles. The van der Waals surface area contributed by atoms with Gasteiger partial charge < -0.3 is 9.88 Å². The number of aryl methyl sites for hydroxylation is 1. The summed E-state index contributed by atoms with van der Waals surface area (Å²) in [6.07, 6.45) is 5.28. The van der Waals surface area contributed by atoms with Crippen LogP contribution < -0.4 is 4.90 Å². The van der Waals surface area contributed by atoms with Crippen LogP contribution in [0.5, 0.6) is 0 Å². The molecule has 1 aromatic carbocycles. The molecular formula is C20H23N2OS+. The molecule has 2 N–H and O–H groups in total. The summed E-state index contributed by atoms with van der Waals surface area (Å²) in [4.78, 5) is 19.1. The minimum Gasteiger partial charge on any atom is -0.360 e. The fourth-order valence-corrected chi connectivity index (χ4v) is 4.92. The number of carbonyl (C=O) groups excluding carboxylic acids is 1. The van der Waals surface area contributed by atoms with Gasteiger partial charge in [0.2, 0.25) is 5.78 Å². The molecule has 4 heteroatoms. The number of H-pyrrole nitrogens is 1. The lowest BCUT2D eigenvalue weighted by molar-refractivity contribution is -0.909. The van der Waals surface area contributed by atoms with Crippen molar-refractivity contribution in [3.8, 4) is 0 Å². The first-order valence-corrected chi connectivity index (χ1v) is 9.66. The molecular weight excluding hydrogens is 316 g/mol.